The molecule has 2 aromatic carbocycles. The van der Waals surface area contributed by atoms with E-state index in [1.54, 1.807) is 12.1 Å². The Morgan fingerprint density at radius 2 is 1.82 bits per heavy atom. The molecule has 1 saturated heterocycles. The fraction of sp³-hybridized carbons (Fsp3) is 0.278. The Morgan fingerprint density at radius 3 is 2.50 bits per heavy atom. The van der Waals surface area contributed by atoms with Gasteiger partial charge in [-0.1, -0.05) is 30.3 Å². The fourth-order valence-electron chi connectivity index (χ4n) is 2.83. The SMILES string of the molecule is O=C(O)c1ccc(NCc2ccccc2)c(N2CCCC2)c1. The van der Waals surface area contributed by atoms with E-state index in [1.807, 2.05) is 24.3 Å². The van der Waals surface area contributed by atoms with Gasteiger partial charge in [0.05, 0.1) is 16.9 Å². The van der Waals surface area contributed by atoms with Gasteiger partial charge < -0.3 is 15.3 Å². The molecule has 0 spiro atoms. The summed E-state index contributed by atoms with van der Waals surface area (Å²) in [4.78, 5) is 13.5. The molecule has 1 heterocycles. The Morgan fingerprint density at radius 1 is 1.09 bits per heavy atom. The first-order valence-corrected chi connectivity index (χ1v) is 7.64. The molecular formula is C18H20N2O2. The predicted octanol–water partition coefficient (Wildman–Crippen LogP) is 3.60. The van der Waals surface area contributed by atoms with Gasteiger partial charge in [-0.15, -0.1) is 0 Å². The molecule has 1 aliphatic rings. The summed E-state index contributed by atoms with van der Waals surface area (Å²) < 4.78 is 0. The summed E-state index contributed by atoms with van der Waals surface area (Å²) in [7, 11) is 0. The number of rotatable bonds is 5. The number of nitrogens with one attached hydrogen (secondary N) is 1. The molecule has 0 saturated carbocycles. The average Bonchev–Trinajstić information content (AvgIpc) is 3.08. The van der Waals surface area contributed by atoms with E-state index >= 15 is 0 Å². The molecule has 0 atom stereocenters. The number of anilines is 2. The zero-order valence-electron chi connectivity index (χ0n) is 12.5. The van der Waals surface area contributed by atoms with Gasteiger partial charge in [-0.3, -0.25) is 0 Å². The van der Waals surface area contributed by atoms with E-state index < -0.39 is 5.97 Å². The lowest BCUT2D eigenvalue weighted by Gasteiger charge is -2.22. The van der Waals surface area contributed by atoms with E-state index in [9.17, 15) is 9.90 Å². The summed E-state index contributed by atoms with van der Waals surface area (Å²) in [5, 5.41) is 12.6. The lowest BCUT2D eigenvalue weighted by molar-refractivity contribution is 0.0697. The summed E-state index contributed by atoms with van der Waals surface area (Å²) in [6.07, 6.45) is 2.32. The van der Waals surface area contributed by atoms with Crippen LogP contribution in [-0.4, -0.2) is 24.2 Å². The van der Waals surface area contributed by atoms with E-state index in [-0.39, 0.29) is 0 Å². The van der Waals surface area contributed by atoms with Crippen molar-refractivity contribution in [2.45, 2.75) is 19.4 Å². The molecule has 1 aliphatic heterocycles. The van der Waals surface area contributed by atoms with Crippen molar-refractivity contribution in [1.82, 2.24) is 0 Å². The van der Waals surface area contributed by atoms with Gasteiger partial charge in [-0.25, -0.2) is 4.79 Å². The van der Waals surface area contributed by atoms with Crippen molar-refractivity contribution in [3.63, 3.8) is 0 Å². The number of carboxylic acids is 1. The second kappa shape index (κ2) is 6.52. The van der Waals surface area contributed by atoms with Gasteiger partial charge in [0.25, 0.3) is 0 Å². The van der Waals surface area contributed by atoms with Crippen molar-refractivity contribution >= 4 is 17.3 Å². The second-order valence-electron chi connectivity index (χ2n) is 5.57. The molecule has 4 nitrogen and oxygen atoms in total. The first-order chi connectivity index (χ1) is 10.7. The smallest absolute Gasteiger partial charge is 0.335 e. The zero-order valence-corrected chi connectivity index (χ0v) is 12.5. The lowest BCUT2D eigenvalue weighted by Crippen LogP contribution is -2.20. The number of aromatic carboxylic acids is 1. The number of carbonyl (C=O) groups is 1. The van der Waals surface area contributed by atoms with Crippen molar-refractivity contribution in [2.75, 3.05) is 23.3 Å². The third-order valence-electron chi connectivity index (χ3n) is 4.02. The molecule has 2 aromatic rings. The molecule has 2 N–H and O–H groups in total. The summed E-state index contributed by atoms with van der Waals surface area (Å²) >= 11 is 0. The highest BCUT2D eigenvalue weighted by Crippen LogP contribution is 2.30. The van der Waals surface area contributed by atoms with E-state index in [0.29, 0.717) is 5.56 Å². The number of carboxylic acid groups (broad SMARTS) is 1. The zero-order chi connectivity index (χ0) is 15.4. The Labute approximate surface area is 130 Å². The molecule has 0 amide bonds. The van der Waals surface area contributed by atoms with Crippen LogP contribution in [0.2, 0.25) is 0 Å². The Balaban J connectivity index is 1.83. The first-order valence-electron chi connectivity index (χ1n) is 7.64. The summed E-state index contributed by atoms with van der Waals surface area (Å²) in [5.41, 5.74) is 3.54. The fourth-order valence-corrected chi connectivity index (χ4v) is 2.83. The largest absolute Gasteiger partial charge is 0.478 e. The van der Waals surface area contributed by atoms with Crippen LogP contribution in [-0.2, 0) is 6.54 Å². The van der Waals surface area contributed by atoms with Crippen LogP contribution in [0.25, 0.3) is 0 Å². The van der Waals surface area contributed by atoms with Crippen molar-refractivity contribution in [3.05, 3.63) is 59.7 Å². The average molecular weight is 296 g/mol. The van der Waals surface area contributed by atoms with Gasteiger partial charge in [0.15, 0.2) is 0 Å². The molecule has 0 radical (unpaired) electrons. The minimum Gasteiger partial charge on any atom is -0.478 e. The van der Waals surface area contributed by atoms with Gasteiger partial charge in [-0.05, 0) is 36.6 Å². The van der Waals surface area contributed by atoms with Crippen LogP contribution < -0.4 is 10.2 Å². The van der Waals surface area contributed by atoms with Crippen LogP contribution in [0.4, 0.5) is 11.4 Å². The summed E-state index contributed by atoms with van der Waals surface area (Å²) in [6.45, 7) is 2.71. The number of nitrogens with zero attached hydrogens (tertiary/aromatic N) is 1. The third-order valence-corrected chi connectivity index (χ3v) is 4.02. The van der Waals surface area contributed by atoms with Gasteiger partial charge in [0.2, 0.25) is 0 Å². The van der Waals surface area contributed by atoms with Gasteiger partial charge in [-0.2, -0.15) is 0 Å². The normalized spacial score (nSPS) is 14.1. The molecule has 0 aliphatic carbocycles. The predicted molar refractivity (Wildman–Crippen MR) is 88.6 cm³/mol. The maximum atomic E-state index is 11.2. The number of hydrogen-bond donors (Lipinski definition) is 2. The number of hydrogen-bond acceptors (Lipinski definition) is 3. The molecule has 3 rings (SSSR count). The molecule has 0 aromatic heterocycles. The van der Waals surface area contributed by atoms with E-state index in [2.05, 4.69) is 22.3 Å². The van der Waals surface area contributed by atoms with Gasteiger partial charge in [0, 0.05) is 19.6 Å². The highest BCUT2D eigenvalue weighted by Gasteiger charge is 2.17. The Bertz CT molecular complexity index is 649. The quantitative estimate of drug-likeness (QED) is 0.885. The van der Waals surface area contributed by atoms with E-state index in [0.717, 1.165) is 43.9 Å². The first kappa shape index (κ1) is 14.4. The monoisotopic (exact) mass is 296 g/mol. The molecular weight excluding hydrogens is 276 g/mol. The molecule has 4 heteroatoms. The van der Waals surface area contributed by atoms with Crippen LogP contribution in [0.15, 0.2) is 48.5 Å². The van der Waals surface area contributed by atoms with Crippen LogP contribution in [0.1, 0.15) is 28.8 Å². The van der Waals surface area contributed by atoms with Crippen LogP contribution in [0.3, 0.4) is 0 Å². The van der Waals surface area contributed by atoms with Gasteiger partial charge >= 0.3 is 5.97 Å². The Kier molecular flexibility index (Phi) is 4.28. The van der Waals surface area contributed by atoms with Gasteiger partial charge in [0.1, 0.15) is 0 Å². The minimum absolute atomic E-state index is 0.340. The van der Waals surface area contributed by atoms with Crippen molar-refractivity contribution in [2.24, 2.45) is 0 Å². The van der Waals surface area contributed by atoms with E-state index in [1.165, 1.54) is 5.56 Å². The highest BCUT2D eigenvalue weighted by molar-refractivity contribution is 5.91. The van der Waals surface area contributed by atoms with Crippen LogP contribution in [0.5, 0.6) is 0 Å². The van der Waals surface area contributed by atoms with Crippen molar-refractivity contribution < 1.29 is 9.90 Å². The minimum atomic E-state index is -0.880. The van der Waals surface area contributed by atoms with Crippen molar-refractivity contribution in [3.8, 4) is 0 Å². The third kappa shape index (κ3) is 3.22. The lowest BCUT2D eigenvalue weighted by atomic mass is 10.1. The summed E-state index contributed by atoms with van der Waals surface area (Å²) in [5.74, 6) is -0.880. The van der Waals surface area contributed by atoms with E-state index in [4.69, 9.17) is 0 Å². The van der Waals surface area contributed by atoms with Crippen LogP contribution in [0, 0.1) is 0 Å². The molecule has 114 valence electrons. The molecule has 0 bridgehead atoms. The standard InChI is InChI=1S/C18H20N2O2/c21-18(22)15-8-9-16(17(12-15)20-10-4-5-11-20)19-13-14-6-2-1-3-7-14/h1-3,6-9,12,19H,4-5,10-11,13H2,(H,21,22). The van der Waals surface area contributed by atoms with Crippen molar-refractivity contribution in [1.29, 1.82) is 0 Å². The van der Waals surface area contributed by atoms with Crippen LogP contribution >= 0.6 is 0 Å². The topological polar surface area (TPSA) is 52.6 Å². The highest BCUT2D eigenvalue weighted by atomic mass is 16.4. The molecule has 22 heavy (non-hydrogen) atoms. The second-order valence-corrected chi connectivity index (χ2v) is 5.57. The Hall–Kier alpha value is -2.49. The summed E-state index contributed by atoms with van der Waals surface area (Å²) in [6, 6.07) is 15.5. The number of benzene rings is 2. The maximum Gasteiger partial charge on any atom is 0.335 e. The maximum absolute atomic E-state index is 11.2. The molecule has 1 fully saturated rings. The molecule has 0 unspecified atom stereocenters.